The van der Waals surface area contributed by atoms with Crippen LogP contribution in [-0.4, -0.2) is 43.7 Å². The normalized spacial score (nSPS) is 27.7. The van der Waals surface area contributed by atoms with Crippen LogP contribution in [0.5, 0.6) is 0 Å². The van der Waals surface area contributed by atoms with Crippen LogP contribution < -0.4 is 5.73 Å². The summed E-state index contributed by atoms with van der Waals surface area (Å²) in [5.74, 6) is 1.43. The van der Waals surface area contributed by atoms with Gasteiger partial charge in [-0.3, -0.25) is 4.79 Å². The van der Waals surface area contributed by atoms with Gasteiger partial charge in [-0.05, 0) is 37.6 Å². The number of rotatable bonds is 4. The Balaban J connectivity index is 1.71. The summed E-state index contributed by atoms with van der Waals surface area (Å²) in [4.78, 5) is 13.7. The molecule has 2 N–H and O–H groups in total. The molecule has 0 spiro atoms. The van der Waals surface area contributed by atoms with Crippen LogP contribution in [0.4, 0.5) is 0 Å². The Morgan fingerprint density at radius 3 is 2.69 bits per heavy atom. The van der Waals surface area contributed by atoms with E-state index in [1.165, 1.54) is 0 Å². The molecular weight excluding hydrogens is 204 g/mol. The number of nitrogens with two attached hydrogens (primary N) is 1. The Hall–Kier alpha value is -0.610. The van der Waals surface area contributed by atoms with Gasteiger partial charge in [-0.1, -0.05) is 0 Å². The fraction of sp³-hybridized carbons (Fsp3) is 0.917. The number of amides is 1. The zero-order valence-corrected chi connectivity index (χ0v) is 9.86. The average Bonchev–Trinajstić information content (AvgIpc) is 2.69. The molecule has 1 unspecified atom stereocenters. The van der Waals surface area contributed by atoms with E-state index in [-0.39, 0.29) is 0 Å². The van der Waals surface area contributed by atoms with E-state index in [1.54, 1.807) is 0 Å². The first-order valence-corrected chi connectivity index (χ1v) is 6.35. The topological polar surface area (TPSA) is 55.6 Å². The highest BCUT2D eigenvalue weighted by Gasteiger charge is 2.28. The number of ether oxygens (including phenoxy) is 1. The van der Waals surface area contributed by atoms with Crippen LogP contribution in [0.15, 0.2) is 0 Å². The molecule has 4 nitrogen and oxygen atoms in total. The van der Waals surface area contributed by atoms with Gasteiger partial charge in [-0.15, -0.1) is 0 Å². The number of carbonyl (C=O) groups excluding carboxylic acids is 1. The van der Waals surface area contributed by atoms with Gasteiger partial charge in [0.15, 0.2) is 0 Å². The van der Waals surface area contributed by atoms with E-state index in [0.29, 0.717) is 24.8 Å². The number of carbonyl (C=O) groups is 1. The maximum atomic E-state index is 11.7. The Kier molecular flexibility index (Phi) is 4.18. The van der Waals surface area contributed by atoms with Crippen LogP contribution in [0.2, 0.25) is 0 Å². The van der Waals surface area contributed by atoms with Gasteiger partial charge in [0.2, 0.25) is 5.91 Å². The molecule has 2 fully saturated rings. The van der Waals surface area contributed by atoms with Gasteiger partial charge in [0.05, 0.1) is 0 Å². The van der Waals surface area contributed by atoms with E-state index in [2.05, 4.69) is 0 Å². The quantitative estimate of drug-likeness (QED) is 0.764. The molecule has 2 aliphatic rings. The number of likely N-dealkylation sites (tertiary alicyclic amines) is 1. The van der Waals surface area contributed by atoms with Gasteiger partial charge in [-0.25, -0.2) is 0 Å². The molecule has 2 aliphatic heterocycles. The van der Waals surface area contributed by atoms with Crippen molar-refractivity contribution in [1.29, 1.82) is 0 Å². The van der Waals surface area contributed by atoms with Crippen molar-refractivity contribution >= 4 is 5.91 Å². The van der Waals surface area contributed by atoms with E-state index >= 15 is 0 Å². The fourth-order valence-electron chi connectivity index (χ4n) is 2.60. The maximum absolute atomic E-state index is 11.7. The summed E-state index contributed by atoms with van der Waals surface area (Å²) in [6, 6.07) is 0. The van der Waals surface area contributed by atoms with Crippen molar-refractivity contribution in [2.24, 2.45) is 17.6 Å². The summed E-state index contributed by atoms with van der Waals surface area (Å²) >= 11 is 0. The molecule has 4 heteroatoms. The van der Waals surface area contributed by atoms with Crippen molar-refractivity contribution in [2.45, 2.75) is 25.7 Å². The highest BCUT2D eigenvalue weighted by atomic mass is 16.5. The van der Waals surface area contributed by atoms with Gasteiger partial charge >= 0.3 is 0 Å². The molecule has 0 aromatic carbocycles. The van der Waals surface area contributed by atoms with Gasteiger partial charge in [0.1, 0.15) is 0 Å². The fourth-order valence-corrected chi connectivity index (χ4v) is 2.60. The minimum atomic E-state index is 0.294. The predicted molar refractivity (Wildman–Crippen MR) is 61.9 cm³/mol. The maximum Gasteiger partial charge on any atom is 0.222 e. The second kappa shape index (κ2) is 5.64. The Morgan fingerprint density at radius 2 is 2.06 bits per heavy atom. The lowest BCUT2D eigenvalue weighted by atomic mass is 9.96. The Labute approximate surface area is 97.1 Å². The van der Waals surface area contributed by atoms with E-state index < -0.39 is 0 Å². The molecule has 92 valence electrons. The van der Waals surface area contributed by atoms with Crippen molar-refractivity contribution in [1.82, 2.24) is 4.90 Å². The number of hydrogen-bond acceptors (Lipinski definition) is 3. The van der Waals surface area contributed by atoms with Crippen LogP contribution in [0, 0.1) is 11.8 Å². The molecule has 2 heterocycles. The lowest BCUT2D eigenvalue weighted by Crippen LogP contribution is -2.29. The van der Waals surface area contributed by atoms with Gasteiger partial charge in [0.25, 0.3) is 0 Å². The minimum absolute atomic E-state index is 0.294. The summed E-state index contributed by atoms with van der Waals surface area (Å²) in [5.41, 5.74) is 5.60. The molecule has 1 amide bonds. The molecule has 0 radical (unpaired) electrons. The van der Waals surface area contributed by atoms with Crippen molar-refractivity contribution in [3.8, 4) is 0 Å². The highest BCUT2D eigenvalue weighted by molar-refractivity contribution is 5.78. The number of nitrogens with zero attached hydrogens (tertiary/aromatic N) is 1. The zero-order valence-electron chi connectivity index (χ0n) is 9.86. The lowest BCUT2D eigenvalue weighted by molar-refractivity contribution is -0.127. The third-order valence-electron chi connectivity index (χ3n) is 3.78. The van der Waals surface area contributed by atoms with Crippen LogP contribution in [0.25, 0.3) is 0 Å². The molecule has 2 saturated heterocycles. The van der Waals surface area contributed by atoms with Gasteiger partial charge in [-0.2, -0.15) is 0 Å². The standard InChI is InChI=1S/C12H22N2O2/c13-8-11-7-12(15)14(9-11)4-1-10-2-5-16-6-3-10/h10-11H,1-9,13H2. The molecule has 2 rings (SSSR count). The molecule has 16 heavy (non-hydrogen) atoms. The van der Waals surface area contributed by atoms with Crippen LogP contribution >= 0.6 is 0 Å². The van der Waals surface area contributed by atoms with E-state index in [9.17, 15) is 4.79 Å². The van der Waals surface area contributed by atoms with Crippen molar-refractivity contribution in [3.05, 3.63) is 0 Å². The highest BCUT2D eigenvalue weighted by Crippen LogP contribution is 2.22. The molecule has 0 aliphatic carbocycles. The van der Waals surface area contributed by atoms with E-state index in [4.69, 9.17) is 10.5 Å². The number of hydrogen-bond donors (Lipinski definition) is 1. The summed E-state index contributed by atoms with van der Waals surface area (Å²) in [7, 11) is 0. The third kappa shape index (κ3) is 2.95. The third-order valence-corrected chi connectivity index (χ3v) is 3.78. The molecule has 0 aromatic heterocycles. The first-order chi connectivity index (χ1) is 7.79. The van der Waals surface area contributed by atoms with Crippen LogP contribution in [0.1, 0.15) is 25.7 Å². The van der Waals surface area contributed by atoms with Crippen molar-refractivity contribution < 1.29 is 9.53 Å². The lowest BCUT2D eigenvalue weighted by Gasteiger charge is -2.24. The first kappa shape index (κ1) is 11.9. The summed E-state index contributed by atoms with van der Waals surface area (Å²) < 4.78 is 5.33. The zero-order chi connectivity index (χ0) is 11.4. The minimum Gasteiger partial charge on any atom is -0.381 e. The van der Waals surface area contributed by atoms with Crippen molar-refractivity contribution in [2.75, 3.05) is 32.8 Å². The second-order valence-electron chi connectivity index (χ2n) is 4.99. The molecule has 0 bridgehead atoms. The van der Waals surface area contributed by atoms with Crippen molar-refractivity contribution in [3.63, 3.8) is 0 Å². The largest absolute Gasteiger partial charge is 0.381 e. The second-order valence-corrected chi connectivity index (χ2v) is 4.99. The van der Waals surface area contributed by atoms with E-state index in [0.717, 1.165) is 51.5 Å². The molecular formula is C12H22N2O2. The van der Waals surface area contributed by atoms with Gasteiger partial charge in [0, 0.05) is 32.7 Å². The van der Waals surface area contributed by atoms with Gasteiger partial charge < -0.3 is 15.4 Å². The Bertz CT molecular complexity index is 239. The predicted octanol–water partition coefficient (Wildman–Crippen LogP) is 0.610. The van der Waals surface area contributed by atoms with Crippen LogP contribution in [0.3, 0.4) is 0 Å². The molecule has 0 saturated carbocycles. The molecule has 0 aromatic rings. The summed E-state index contributed by atoms with van der Waals surface area (Å²) in [6.45, 7) is 4.21. The smallest absolute Gasteiger partial charge is 0.222 e. The first-order valence-electron chi connectivity index (χ1n) is 6.35. The average molecular weight is 226 g/mol. The Morgan fingerprint density at radius 1 is 1.31 bits per heavy atom. The monoisotopic (exact) mass is 226 g/mol. The van der Waals surface area contributed by atoms with E-state index in [1.807, 2.05) is 4.90 Å². The summed E-state index contributed by atoms with van der Waals surface area (Å²) in [6.07, 6.45) is 4.10. The summed E-state index contributed by atoms with van der Waals surface area (Å²) in [5, 5.41) is 0. The van der Waals surface area contributed by atoms with Crippen LogP contribution in [-0.2, 0) is 9.53 Å². The molecule has 1 atom stereocenters. The SMILES string of the molecule is NCC1CC(=O)N(CCC2CCOCC2)C1.